The van der Waals surface area contributed by atoms with Crippen molar-refractivity contribution < 1.29 is 14.6 Å². The summed E-state index contributed by atoms with van der Waals surface area (Å²) in [7, 11) is 0. The molecular weight excluding hydrogens is 280 g/mol. The van der Waals surface area contributed by atoms with Crippen molar-refractivity contribution in [3.8, 4) is 0 Å². The van der Waals surface area contributed by atoms with Crippen LogP contribution >= 0.6 is 0 Å². The Balaban J connectivity index is 2.11. The van der Waals surface area contributed by atoms with E-state index in [1.165, 1.54) is 0 Å². The summed E-state index contributed by atoms with van der Waals surface area (Å²) in [6.45, 7) is 2.36. The molecule has 1 unspecified atom stereocenters. The number of hydrogen-bond donors (Lipinski definition) is 5. The Morgan fingerprint density at radius 1 is 1.33 bits per heavy atom. The summed E-state index contributed by atoms with van der Waals surface area (Å²) >= 11 is 0. The minimum Gasteiger partial charge on any atom is -0.381 e. The first-order valence-electron chi connectivity index (χ1n) is 6.37. The first-order valence-corrected chi connectivity index (χ1v) is 6.37. The third-order valence-corrected chi connectivity index (χ3v) is 2.83. The molecule has 1 aliphatic rings. The molecule has 1 amide bonds. The van der Waals surface area contributed by atoms with Crippen LogP contribution in [0.2, 0.25) is 0 Å². The highest BCUT2D eigenvalue weighted by Gasteiger charge is 2.17. The zero-order chi connectivity index (χ0) is 15.2. The topological polar surface area (TPSA) is 165 Å². The molecule has 0 saturated carbocycles. The van der Waals surface area contributed by atoms with Gasteiger partial charge < -0.3 is 25.8 Å². The van der Waals surface area contributed by atoms with Gasteiger partial charge in [-0.3, -0.25) is 10.2 Å². The van der Waals surface area contributed by atoms with E-state index < -0.39 is 12.0 Å². The molecular formula is C10H18N8O3. The Kier molecular flexibility index (Phi) is 5.03. The molecule has 7 N–H and O–H groups in total. The number of aromatic nitrogens is 3. The van der Waals surface area contributed by atoms with Crippen LogP contribution in [0.25, 0.3) is 0 Å². The number of morpholine rings is 1. The Morgan fingerprint density at radius 3 is 2.62 bits per heavy atom. The molecule has 0 spiro atoms. The van der Waals surface area contributed by atoms with Gasteiger partial charge in [0.25, 0.3) is 0 Å². The molecule has 21 heavy (non-hydrogen) atoms. The smallest absolute Gasteiger partial charge is 0.248 e. The number of aliphatic hydroxyl groups excluding tert-OH is 1. The number of aliphatic hydroxyl groups is 1. The number of carbonyl (C=O) groups is 1. The predicted octanol–water partition coefficient (Wildman–Crippen LogP) is -2.75. The Morgan fingerprint density at radius 2 is 2.00 bits per heavy atom. The number of nitrogen functional groups attached to an aromatic ring is 1. The van der Waals surface area contributed by atoms with Gasteiger partial charge >= 0.3 is 0 Å². The first-order chi connectivity index (χ1) is 10.1. The summed E-state index contributed by atoms with van der Waals surface area (Å²) in [6.07, 6.45) is -1.33. The number of nitrogens with zero attached hydrogens (tertiary/aromatic N) is 4. The van der Waals surface area contributed by atoms with E-state index in [0.717, 1.165) is 0 Å². The molecule has 1 aliphatic heterocycles. The first kappa shape index (κ1) is 15.2. The normalized spacial score (nSPS) is 16.4. The molecule has 1 aromatic heterocycles. The van der Waals surface area contributed by atoms with Crippen LogP contribution in [0.5, 0.6) is 0 Å². The highest BCUT2D eigenvalue weighted by atomic mass is 16.5. The maximum absolute atomic E-state index is 10.8. The fraction of sp³-hybridized carbons (Fsp3) is 0.600. The van der Waals surface area contributed by atoms with E-state index in [9.17, 15) is 9.90 Å². The van der Waals surface area contributed by atoms with Gasteiger partial charge in [0.2, 0.25) is 23.8 Å². The van der Waals surface area contributed by atoms with E-state index in [4.69, 9.17) is 16.3 Å². The molecule has 0 aliphatic carbocycles. The molecule has 11 nitrogen and oxygen atoms in total. The Bertz CT molecular complexity index is 493. The van der Waals surface area contributed by atoms with E-state index in [1.54, 1.807) is 0 Å². The second-order valence-electron chi connectivity index (χ2n) is 4.33. The standard InChI is InChI=1S/C10H18N8O3/c11-7(20)6(19)5-13-8-14-9(17-12)16-10(15-8)18-1-3-21-4-2-18/h6,19H,1-5,12H2,(H2,11,20)(H2,13,14,15,16,17). The van der Waals surface area contributed by atoms with Gasteiger partial charge in [0.15, 0.2) is 0 Å². The predicted molar refractivity (Wildman–Crippen MR) is 74.4 cm³/mol. The number of nitrogens with one attached hydrogen (secondary N) is 2. The van der Waals surface area contributed by atoms with Crippen LogP contribution in [0.4, 0.5) is 17.8 Å². The molecule has 1 saturated heterocycles. The zero-order valence-electron chi connectivity index (χ0n) is 11.3. The number of rotatable bonds is 6. The van der Waals surface area contributed by atoms with Crippen LogP contribution in [0.3, 0.4) is 0 Å². The minimum atomic E-state index is -1.33. The highest BCUT2D eigenvalue weighted by Crippen LogP contribution is 2.14. The van der Waals surface area contributed by atoms with Gasteiger partial charge in [0, 0.05) is 13.1 Å². The number of anilines is 3. The maximum Gasteiger partial charge on any atom is 0.248 e. The van der Waals surface area contributed by atoms with Crippen LogP contribution in [0, 0.1) is 0 Å². The van der Waals surface area contributed by atoms with Crippen LogP contribution in [-0.4, -0.2) is 64.9 Å². The van der Waals surface area contributed by atoms with Crippen molar-refractivity contribution in [1.29, 1.82) is 0 Å². The summed E-state index contributed by atoms with van der Waals surface area (Å²) in [4.78, 5) is 25.1. The summed E-state index contributed by atoms with van der Waals surface area (Å²) < 4.78 is 5.26. The van der Waals surface area contributed by atoms with Gasteiger partial charge in [0.1, 0.15) is 6.10 Å². The fourth-order valence-corrected chi connectivity index (χ4v) is 1.70. The zero-order valence-corrected chi connectivity index (χ0v) is 11.3. The summed E-state index contributed by atoms with van der Waals surface area (Å²) in [6, 6.07) is 0. The number of hydrogen-bond acceptors (Lipinski definition) is 10. The average Bonchev–Trinajstić information content (AvgIpc) is 2.52. The molecule has 0 radical (unpaired) electrons. The quantitative estimate of drug-likeness (QED) is 0.274. The largest absolute Gasteiger partial charge is 0.381 e. The van der Waals surface area contributed by atoms with Gasteiger partial charge in [-0.2, -0.15) is 15.0 Å². The lowest BCUT2D eigenvalue weighted by atomic mass is 10.3. The van der Waals surface area contributed by atoms with Gasteiger partial charge in [0.05, 0.1) is 19.8 Å². The van der Waals surface area contributed by atoms with E-state index in [-0.39, 0.29) is 18.4 Å². The third-order valence-electron chi connectivity index (χ3n) is 2.83. The number of nitrogens with two attached hydrogens (primary N) is 2. The van der Waals surface area contributed by atoms with Crippen LogP contribution < -0.4 is 27.2 Å². The minimum absolute atomic E-state index is 0.105. The van der Waals surface area contributed by atoms with Crippen LogP contribution in [-0.2, 0) is 9.53 Å². The van der Waals surface area contributed by atoms with Crippen LogP contribution in [0.15, 0.2) is 0 Å². The Hall–Kier alpha value is -2.24. The van der Waals surface area contributed by atoms with Crippen molar-refractivity contribution in [3.05, 3.63) is 0 Å². The van der Waals surface area contributed by atoms with E-state index in [2.05, 4.69) is 25.7 Å². The molecule has 1 aromatic rings. The maximum atomic E-state index is 10.8. The Labute approximate surface area is 120 Å². The summed E-state index contributed by atoms with van der Waals surface area (Å²) in [5, 5.41) is 12.1. The number of hydrazine groups is 1. The summed E-state index contributed by atoms with van der Waals surface area (Å²) in [5.74, 6) is 5.27. The second-order valence-corrected chi connectivity index (χ2v) is 4.33. The van der Waals surface area contributed by atoms with E-state index in [0.29, 0.717) is 32.3 Å². The lowest BCUT2D eigenvalue weighted by Gasteiger charge is -2.27. The van der Waals surface area contributed by atoms with Gasteiger partial charge in [-0.25, -0.2) is 5.84 Å². The van der Waals surface area contributed by atoms with E-state index >= 15 is 0 Å². The monoisotopic (exact) mass is 298 g/mol. The average molecular weight is 298 g/mol. The molecule has 1 fully saturated rings. The molecule has 11 heteroatoms. The van der Waals surface area contributed by atoms with Crippen molar-refractivity contribution in [2.24, 2.45) is 11.6 Å². The van der Waals surface area contributed by atoms with Crippen molar-refractivity contribution in [2.45, 2.75) is 6.10 Å². The number of amides is 1. The fourth-order valence-electron chi connectivity index (χ4n) is 1.70. The number of ether oxygens (including phenoxy) is 1. The number of primary amides is 1. The highest BCUT2D eigenvalue weighted by molar-refractivity contribution is 5.79. The number of carbonyl (C=O) groups excluding carboxylic acids is 1. The molecule has 0 aromatic carbocycles. The summed E-state index contributed by atoms with van der Waals surface area (Å²) in [5.41, 5.74) is 7.31. The SMILES string of the molecule is NNc1nc(NCC(O)C(N)=O)nc(N2CCOCC2)n1. The van der Waals surface area contributed by atoms with E-state index in [1.807, 2.05) is 4.90 Å². The van der Waals surface area contributed by atoms with Gasteiger partial charge in [-0.05, 0) is 0 Å². The van der Waals surface area contributed by atoms with Crippen LogP contribution in [0.1, 0.15) is 0 Å². The van der Waals surface area contributed by atoms with Gasteiger partial charge in [-0.15, -0.1) is 0 Å². The van der Waals surface area contributed by atoms with Crippen molar-refractivity contribution in [1.82, 2.24) is 15.0 Å². The lowest BCUT2D eigenvalue weighted by Crippen LogP contribution is -2.38. The van der Waals surface area contributed by atoms with Crippen molar-refractivity contribution in [2.75, 3.05) is 48.5 Å². The molecule has 2 rings (SSSR count). The van der Waals surface area contributed by atoms with Gasteiger partial charge in [-0.1, -0.05) is 0 Å². The molecule has 1 atom stereocenters. The molecule has 0 bridgehead atoms. The molecule has 116 valence electrons. The van der Waals surface area contributed by atoms with Crippen molar-refractivity contribution >= 4 is 23.8 Å². The second kappa shape index (κ2) is 6.97. The molecule has 2 heterocycles. The van der Waals surface area contributed by atoms with Crippen molar-refractivity contribution in [3.63, 3.8) is 0 Å². The lowest BCUT2D eigenvalue weighted by molar-refractivity contribution is -0.125. The third kappa shape index (κ3) is 4.11.